The third kappa shape index (κ3) is 4.91. The van der Waals surface area contributed by atoms with Gasteiger partial charge in [-0.15, -0.1) is 6.42 Å². The third-order valence-electron chi connectivity index (χ3n) is 2.70. The van der Waals surface area contributed by atoms with Crippen LogP contribution in [0.15, 0.2) is 28.7 Å². The fraction of sp³-hybridized carbons (Fsp3) is 0.357. The molecule has 0 aliphatic carbocycles. The Labute approximate surface area is 116 Å². The Morgan fingerprint density at radius 1 is 1.50 bits per heavy atom. The highest BCUT2D eigenvalue weighted by Gasteiger charge is 2.16. The minimum absolute atomic E-state index is 0.0259. The maximum atomic E-state index is 10.8. The molecule has 3 nitrogen and oxygen atoms in total. The van der Waals surface area contributed by atoms with Crippen LogP contribution in [-0.2, 0) is 11.2 Å². The molecule has 0 amide bonds. The molecule has 1 aromatic carbocycles. The van der Waals surface area contributed by atoms with E-state index in [4.69, 9.17) is 11.5 Å². The summed E-state index contributed by atoms with van der Waals surface area (Å²) in [5.74, 6) is 1.65. The first-order valence-electron chi connectivity index (χ1n) is 5.66. The van der Waals surface area contributed by atoms with Crippen molar-refractivity contribution in [3.05, 3.63) is 34.3 Å². The summed E-state index contributed by atoms with van der Waals surface area (Å²) < 4.78 is 1.03. The van der Waals surface area contributed by atoms with Gasteiger partial charge in [0.1, 0.15) is 0 Å². The van der Waals surface area contributed by atoms with E-state index in [1.165, 1.54) is 0 Å². The topological polar surface area (TPSA) is 40.5 Å². The molecule has 0 spiro atoms. The molecule has 0 saturated carbocycles. The summed E-state index contributed by atoms with van der Waals surface area (Å²) in [4.78, 5) is 12.6. The van der Waals surface area contributed by atoms with Crippen LogP contribution in [0.5, 0.6) is 0 Å². The van der Waals surface area contributed by atoms with Crippen molar-refractivity contribution in [3.63, 3.8) is 0 Å². The van der Waals surface area contributed by atoms with Gasteiger partial charge in [-0.3, -0.25) is 9.69 Å². The van der Waals surface area contributed by atoms with Crippen LogP contribution in [0.1, 0.15) is 12.5 Å². The average molecular weight is 310 g/mol. The molecule has 96 valence electrons. The second kappa shape index (κ2) is 7.20. The van der Waals surface area contributed by atoms with Gasteiger partial charge in [-0.25, -0.2) is 0 Å². The summed E-state index contributed by atoms with van der Waals surface area (Å²) in [5, 5.41) is 8.85. The lowest BCUT2D eigenvalue weighted by Crippen LogP contribution is -2.38. The van der Waals surface area contributed by atoms with Gasteiger partial charge in [0, 0.05) is 10.5 Å². The molecule has 1 aromatic rings. The summed E-state index contributed by atoms with van der Waals surface area (Å²) in [6, 6.07) is 8.10. The van der Waals surface area contributed by atoms with Crippen LogP contribution in [0.3, 0.4) is 0 Å². The molecule has 0 aliphatic rings. The molecule has 1 unspecified atom stereocenters. The molecule has 18 heavy (non-hydrogen) atoms. The highest BCUT2D eigenvalue weighted by atomic mass is 79.9. The maximum absolute atomic E-state index is 10.8. The molecule has 1 N–H and O–H groups in total. The predicted octanol–water partition coefficient (Wildman–Crippen LogP) is 2.40. The van der Waals surface area contributed by atoms with Crippen molar-refractivity contribution in [3.8, 4) is 12.3 Å². The van der Waals surface area contributed by atoms with Crippen molar-refractivity contribution in [2.24, 2.45) is 0 Å². The first-order valence-corrected chi connectivity index (χ1v) is 6.46. The molecular formula is C14H16BrNO2. The number of carboxylic acid groups (broad SMARTS) is 1. The summed E-state index contributed by atoms with van der Waals surface area (Å²) in [6.07, 6.45) is 6.05. The lowest BCUT2D eigenvalue weighted by atomic mass is 10.1. The number of hydrogen-bond acceptors (Lipinski definition) is 2. The van der Waals surface area contributed by atoms with Crippen LogP contribution >= 0.6 is 15.9 Å². The van der Waals surface area contributed by atoms with E-state index >= 15 is 0 Å². The molecular weight excluding hydrogens is 294 g/mol. The zero-order chi connectivity index (χ0) is 13.5. The Hall–Kier alpha value is -1.31. The summed E-state index contributed by atoms with van der Waals surface area (Å²) in [6.45, 7) is 2.31. The van der Waals surface area contributed by atoms with Gasteiger partial charge in [-0.1, -0.05) is 34.0 Å². The average Bonchev–Trinajstić information content (AvgIpc) is 2.31. The zero-order valence-corrected chi connectivity index (χ0v) is 11.9. The molecule has 0 radical (unpaired) electrons. The van der Waals surface area contributed by atoms with Gasteiger partial charge < -0.3 is 5.11 Å². The molecule has 4 heteroatoms. The van der Waals surface area contributed by atoms with Gasteiger partial charge in [-0.05, 0) is 31.0 Å². The van der Waals surface area contributed by atoms with Gasteiger partial charge in [-0.2, -0.15) is 0 Å². The van der Waals surface area contributed by atoms with E-state index in [1.807, 2.05) is 31.2 Å². The van der Waals surface area contributed by atoms with Gasteiger partial charge in [0.25, 0.3) is 0 Å². The number of benzene rings is 1. The van der Waals surface area contributed by atoms with Crippen molar-refractivity contribution in [2.45, 2.75) is 19.4 Å². The first kappa shape index (κ1) is 14.7. The highest BCUT2D eigenvalue weighted by Crippen LogP contribution is 2.13. The zero-order valence-electron chi connectivity index (χ0n) is 10.3. The maximum Gasteiger partial charge on any atom is 0.317 e. The normalized spacial score (nSPS) is 12.1. The number of carbonyl (C=O) groups is 1. The summed E-state index contributed by atoms with van der Waals surface area (Å²) >= 11 is 3.38. The van der Waals surface area contributed by atoms with Crippen LogP contribution in [0.2, 0.25) is 0 Å². The van der Waals surface area contributed by atoms with Crippen LogP contribution in [0, 0.1) is 12.3 Å². The molecule has 1 rings (SSSR count). The summed E-state index contributed by atoms with van der Waals surface area (Å²) in [7, 11) is 0. The summed E-state index contributed by atoms with van der Waals surface area (Å²) in [5.41, 5.74) is 1.16. The quantitative estimate of drug-likeness (QED) is 0.820. The third-order valence-corrected chi connectivity index (χ3v) is 3.23. The molecule has 0 aliphatic heterocycles. The number of aliphatic carboxylic acids is 1. The van der Waals surface area contributed by atoms with Crippen molar-refractivity contribution >= 4 is 21.9 Å². The Morgan fingerprint density at radius 2 is 2.11 bits per heavy atom. The van der Waals surface area contributed by atoms with Crippen molar-refractivity contribution in [1.82, 2.24) is 4.90 Å². The number of rotatable bonds is 6. The highest BCUT2D eigenvalue weighted by molar-refractivity contribution is 9.10. The van der Waals surface area contributed by atoms with E-state index in [1.54, 1.807) is 4.90 Å². The minimum atomic E-state index is -0.854. The van der Waals surface area contributed by atoms with Crippen molar-refractivity contribution in [2.75, 3.05) is 13.1 Å². The fourth-order valence-electron chi connectivity index (χ4n) is 1.75. The molecule has 0 bridgehead atoms. The minimum Gasteiger partial charge on any atom is -0.480 e. The van der Waals surface area contributed by atoms with Crippen LogP contribution < -0.4 is 0 Å². The van der Waals surface area contributed by atoms with Crippen LogP contribution in [-0.4, -0.2) is 35.1 Å². The smallest absolute Gasteiger partial charge is 0.317 e. The Morgan fingerprint density at radius 3 is 2.61 bits per heavy atom. The monoisotopic (exact) mass is 309 g/mol. The van der Waals surface area contributed by atoms with Crippen LogP contribution in [0.4, 0.5) is 0 Å². The SMILES string of the molecule is C#CCN(CC(=O)O)C(C)Cc1ccc(Br)cc1. The molecule has 1 atom stereocenters. The number of hydrogen-bond donors (Lipinski definition) is 1. The molecule has 0 aromatic heterocycles. The number of carboxylic acids is 1. The fourth-order valence-corrected chi connectivity index (χ4v) is 2.01. The van der Waals surface area contributed by atoms with E-state index in [2.05, 4.69) is 21.9 Å². The van der Waals surface area contributed by atoms with E-state index in [-0.39, 0.29) is 12.6 Å². The largest absolute Gasteiger partial charge is 0.480 e. The lowest BCUT2D eigenvalue weighted by Gasteiger charge is -2.25. The van der Waals surface area contributed by atoms with Gasteiger partial charge in [0.05, 0.1) is 13.1 Å². The van der Waals surface area contributed by atoms with Crippen LogP contribution in [0.25, 0.3) is 0 Å². The number of nitrogens with zero attached hydrogens (tertiary/aromatic N) is 1. The van der Waals surface area contributed by atoms with E-state index in [0.29, 0.717) is 6.54 Å². The second-order valence-electron chi connectivity index (χ2n) is 4.18. The van der Waals surface area contributed by atoms with Gasteiger partial charge in [0.2, 0.25) is 0 Å². The van der Waals surface area contributed by atoms with E-state index in [9.17, 15) is 4.79 Å². The van der Waals surface area contributed by atoms with E-state index in [0.717, 1.165) is 16.5 Å². The predicted molar refractivity (Wildman–Crippen MR) is 75.3 cm³/mol. The van der Waals surface area contributed by atoms with Gasteiger partial charge in [0.15, 0.2) is 0 Å². The van der Waals surface area contributed by atoms with Crippen molar-refractivity contribution in [1.29, 1.82) is 0 Å². The van der Waals surface area contributed by atoms with E-state index < -0.39 is 5.97 Å². The van der Waals surface area contributed by atoms with Crippen molar-refractivity contribution < 1.29 is 9.90 Å². The Balaban J connectivity index is 2.66. The molecule has 0 saturated heterocycles. The Kier molecular flexibility index (Phi) is 5.90. The molecule has 0 fully saturated rings. The standard InChI is InChI=1S/C14H16BrNO2/c1-3-8-16(10-14(17)18)11(2)9-12-4-6-13(15)7-5-12/h1,4-7,11H,8-10H2,2H3,(H,17,18). The lowest BCUT2D eigenvalue weighted by molar-refractivity contribution is -0.138. The van der Waals surface area contributed by atoms with Gasteiger partial charge >= 0.3 is 5.97 Å². The number of terminal acetylenes is 1. The number of halogens is 1. The Bertz CT molecular complexity index is 436. The molecule has 0 heterocycles. The first-order chi connectivity index (χ1) is 8.52. The second-order valence-corrected chi connectivity index (χ2v) is 5.10.